The Labute approximate surface area is 124 Å². The molecule has 0 spiro atoms. The van der Waals surface area contributed by atoms with Crippen LogP contribution >= 0.6 is 0 Å². The fourth-order valence-electron chi connectivity index (χ4n) is 2.66. The largest absolute Gasteiger partial charge is 0.481 e. The number of carbonyl (C=O) groups excluding carboxylic acids is 1. The Morgan fingerprint density at radius 1 is 1.48 bits per heavy atom. The van der Waals surface area contributed by atoms with E-state index in [0.29, 0.717) is 18.7 Å². The first-order chi connectivity index (χ1) is 10.1. The third-order valence-electron chi connectivity index (χ3n) is 3.83. The van der Waals surface area contributed by atoms with Gasteiger partial charge in [-0.2, -0.15) is 0 Å². The van der Waals surface area contributed by atoms with Crippen LogP contribution in [0, 0.1) is 6.92 Å². The second kappa shape index (κ2) is 7.06. The lowest BCUT2D eigenvalue weighted by Gasteiger charge is -2.35. The molecule has 1 unspecified atom stereocenters. The zero-order chi connectivity index (χ0) is 15.2. The number of carboxylic acids is 1. The predicted molar refractivity (Wildman–Crippen MR) is 79.2 cm³/mol. The SMILES string of the molecule is Cc1ncccc1NC(=O)N1CCCCC1CCC(=O)O. The molecular formula is C15H21N3O3. The smallest absolute Gasteiger partial charge is 0.322 e. The monoisotopic (exact) mass is 291 g/mol. The van der Waals surface area contributed by atoms with Gasteiger partial charge in [0.25, 0.3) is 0 Å². The topological polar surface area (TPSA) is 82.5 Å². The number of aryl methyl sites for hydroxylation is 1. The Morgan fingerprint density at radius 2 is 2.29 bits per heavy atom. The quantitative estimate of drug-likeness (QED) is 0.893. The van der Waals surface area contributed by atoms with Crippen LogP contribution in [0.2, 0.25) is 0 Å². The minimum Gasteiger partial charge on any atom is -0.481 e. The molecule has 1 aromatic heterocycles. The van der Waals surface area contributed by atoms with Crippen molar-refractivity contribution in [3.63, 3.8) is 0 Å². The van der Waals surface area contributed by atoms with E-state index in [1.807, 2.05) is 13.0 Å². The molecule has 2 amide bonds. The van der Waals surface area contributed by atoms with Crippen LogP contribution in [0.3, 0.4) is 0 Å². The van der Waals surface area contributed by atoms with Crippen molar-refractivity contribution in [1.29, 1.82) is 0 Å². The molecule has 114 valence electrons. The summed E-state index contributed by atoms with van der Waals surface area (Å²) in [4.78, 5) is 29.0. The first-order valence-corrected chi connectivity index (χ1v) is 7.29. The van der Waals surface area contributed by atoms with Crippen LogP contribution in [-0.2, 0) is 4.79 Å². The van der Waals surface area contributed by atoms with Crippen LogP contribution in [-0.4, -0.2) is 39.6 Å². The van der Waals surface area contributed by atoms with Gasteiger partial charge in [-0.15, -0.1) is 0 Å². The Morgan fingerprint density at radius 3 is 3.00 bits per heavy atom. The molecule has 1 atom stereocenters. The Kier molecular flexibility index (Phi) is 5.14. The number of anilines is 1. The van der Waals surface area contributed by atoms with E-state index in [2.05, 4.69) is 10.3 Å². The molecule has 0 aliphatic carbocycles. The van der Waals surface area contributed by atoms with Gasteiger partial charge >= 0.3 is 12.0 Å². The maximum absolute atomic E-state index is 12.4. The summed E-state index contributed by atoms with van der Waals surface area (Å²) >= 11 is 0. The number of carboxylic acid groups (broad SMARTS) is 1. The highest BCUT2D eigenvalue weighted by molar-refractivity contribution is 5.90. The third kappa shape index (κ3) is 4.18. The Balaban J connectivity index is 2.01. The average Bonchev–Trinajstić information content (AvgIpc) is 2.47. The van der Waals surface area contributed by atoms with Crippen LogP contribution in [0.15, 0.2) is 18.3 Å². The number of urea groups is 1. The molecule has 2 N–H and O–H groups in total. The number of likely N-dealkylation sites (tertiary alicyclic amines) is 1. The number of aromatic nitrogens is 1. The summed E-state index contributed by atoms with van der Waals surface area (Å²) in [5, 5.41) is 11.7. The van der Waals surface area contributed by atoms with Gasteiger partial charge in [-0.1, -0.05) is 0 Å². The molecule has 1 saturated heterocycles. The maximum Gasteiger partial charge on any atom is 0.322 e. The fraction of sp³-hybridized carbons (Fsp3) is 0.533. The van der Waals surface area contributed by atoms with Crippen LogP contribution in [0.4, 0.5) is 10.5 Å². The van der Waals surface area contributed by atoms with Gasteiger partial charge in [0.1, 0.15) is 0 Å². The van der Waals surface area contributed by atoms with Gasteiger partial charge in [-0.05, 0) is 44.7 Å². The summed E-state index contributed by atoms with van der Waals surface area (Å²) in [5.74, 6) is -0.816. The molecule has 1 aromatic rings. The average molecular weight is 291 g/mol. The fourth-order valence-corrected chi connectivity index (χ4v) is 2.66. The second-order valence-corrected chi connectivity index (χ2v) is 5.34. The third-order valence-corrected chi connectivity index (χ3v) is 3.83. The van der Waals surface area contributed by atoms with Crippen molar-refractivity contribution in [1.82, 2.24) is 9.88 Å². The summed E-state index contributed by atoms with van der Waals surface area (Å²) in [5.41, 5.74) is 1.47. The lowest BCUT2D eigenvalue weighted by Crippen LogP contribution is -2.46. The van der Waals surface area contributed by atoms with Crippen molar-refractivity contribution < 1.29 is 14.7 Å². The molecule has 0 aromatic carbocycles. The molecule has 0 bridgehead atoms. The van der Waals surface area contributed by atoms with E-state index in [4.69, 9.17) is 5.11 Å². The summed E-state index contributed by atoms with van der Waals surface area (Å²) in [6.45, 7) is 2.52. The minimum absolute atomic E-state index is 0.00632. The molecule has 0 radical (unpaired) electrons. The molecule has 1 fully saturated rings. The predicted octanol–water partition coefficient (Wildman–Crippen LogP) is 2.64. The summed E-state index contributed by atoms with van der Waals surface area (Å²) in [7, 11) is 0. The zero-order valence-electron chi connectivity index (χ0n) is 12.2. The molecule has 2 heterocycles. The summed E-state index contributed by atoms with van der Waals surface area (Å²) in [6.07, 6.45) is 5.16. The highest BCUT2D eigenvalue weighted by atomic mass is 16.4. The number of rotatable bonds is 4. The van der Waals surface area contributed by atoms with Gasteiger partial charge in [0.15, 0.2) is 0 Å². The molecule has 1 aliphatic heterocycles. The van der Waals surface area contributed by atoms with Crippen molar-refractivity contribution in [2.24, 2.45) is 0 Å². The molecule has 1 aliphatic rings. The van der Waals surface area contributed by atoms with Gasteiger partial charge in [0, 0.05) is 25.2 Å². The molecule has 6 heteroatoms. The number of nitrogens with one attached hydrogen (secondary N) is 1. The first kappa shape index (κ1) is 15.3. The van der Waals surface area contributed by atoms with Crippen LogP contribution in [0.25, 0.3) is 0 Å². The van der Waals surface area contributed by atoms with Gasteiger partial charge in [0.05, 0.1) is 11.4 Å². The number of hydrogen-bond donors (Lipinski definition) is 2. The van der Waals surface area contributed by atoms with E-state index in [9.17, 15) is 9.59 Å². The highest BCUT2D eigenvalue weighted by Gasteiger charge is 2.27. The molecular weight excluding hydrogens is 270 g/mol. The first-order valence-electron chi connectivity index (χ1n) is 7.29. The van der Waals surface area contributed by atoms with Crippen LogP contribution < -0.4 is 5.32 Å². The number of aliphatic carboxylic acids is 1. The molecule has 6 nitrogen and oxygen atoms in total. The van der Waals surface area contributed by atoms with E-state index in [1.54, 1.807) is 17.2 Å². The maximum atomic E-state index is 12.4. The zero-order valence-corrected chi connectivity index (χ0v) is 12.2. The lowest BCUT2D eigenvalue weighted by molar-refractivity contribution is -0.137. The lowest BCUT2D eigenvalue weighted by atomic mass is 9.98. The summed E-state index contributed by atoms with van der Waals surface area (Å²) < 4.78 is 0. The van der Waals surface area contributed by atoms with E-state index in [0.717, 1.165) is 25.0 Å². The van der Waals surface area contributed by atoms with Crippen molar-refractivity contribution in [3.05, 3.63) is 24.0 Å². The van der Waals surface area contributed by atoms with Crippen molar-refractivity contribution in [2.75, 3.05) is 11.9 Å². The molecule has 0 saturated carbocycles. The van der Waals surface area contributed by atoms with Crippen LogP contribution in [0.5, 0.6) is 0 Å². The van der Waals surface area contributed by atoms with Crippen molar-refractivity contribution in [3.8, 4) is 0 Å². The number of piperidine rings is 1. The van der Waals surface area contributed by atoms with Gasteiger partial charge in [-0.25, -0.2) is 4.79 Å². The number of pyridine rings is 1. The van der Waals surface area contributed by atoms with Crippen molar-refractivity contribution in [2.45, 2.75) is 45.1 Å². The second-order valence-electron chi connectivity index (χ2n) is 5.34. The van der Waals surface area contributed by atoms with Crippen LogP contribution in [0.1, 0.15) is 37.8 Å². The number of amides is 2. The van der Waals surface area contributed by atoms with Gasteiger partial charge in [-0.3, -0.25) is 9.78 Å². The minimum atomic E-state index is -0.816. The Bertz CT molecular complexity index is 519. The normalized spacial score (nSPS) is 18.3. The number of hydrogen-bond acceptors (Lipinski definition) is 3. The Hall–Kier alpha value is -2.11. The van der Waals surface area contributed by atoms with E-state index < -0.39 is 5.97 Å². The molecule has 2 rings (SSSR count). The van der Waals surface area contributed by atoms with Gasteiger partial charge in [0.2, 0.25) is 0 Å². The number of carbonyl (C=O) groups is 2. The van der Waals surface area contributed by atoms with E-state index in [-0.39, 0.29) is 18.5 Å². The van der Waals surface area contributed by atoms with Gasteiger partial charge < -0.3 is 15.3 Å². The van der Waals surface area contributed by atoms with E-state index >= 15 is 0 Å². The van der Waals surface area contributed by atoms with Crippen molar-refractivity contribution >= 4 is 17.7 Å². The standard InChI is InChI=1S/C15H21N3O3/c1-11-13(6-4-9-16-11)17-15(21)18-10-3-2-5-12(18)7-8-14(19)20/h4,6,9,12H,2-3,5,7-8,10H2,1H3,(H,17,21)(H,19,20). The molecule has 21 heavy (non-hydrogen) atoms. The number of nitrogens with zero attached hydrogens (tertiary/aromatic N) is 2. The summed E-state index contributed by atoms with van der Waals surface area (Å²) in [6, 6.07) is 3.44. The van der Waals surface area contributed by atoms with E-state index in [1.165, 1.54) is 0 Å². The highest BCUT2D eigenvalue weighted by Crippen LogP contribution is 2.22.